The largest absolute Gasteiger partial charge is 0.486 e. The van der Waals surface area contributed by atoms with Gasteiger partial charge in [-0.2, -0.15) is 0 Å². The highest BCUT2D eigenvalue weighted by atomic mass is 35.5. The number of Topliss-reactive ketones (excluding diaryl/α,β-unsaturated/α-hetero) is 1. The summed E-state index contributed by atoms with van der Waals surface area (Å²) in [5, 5.41) is 1.21. The molecule has 1 atom stereocenters. The first kappa shape index (κ1) is 15.0. The van der Waals surface area contributed by atoms with E-state index >= 15 is 0 Å². The first-order valence-electron chi connectivity index (χ1n) is 6.29. The lowest BCUT2D eigenvalue weighted by Crippen LogP contribution is -2.56. The Labute approximate surface area is 128 Å². The zero-order chi connectivity index (χ0) is 14.2. The zero-order valence-electron chi connectivity index (χ0n) is 10.8. The third-order valence-corrected chi connectivity index (χ3v) is 4.81. The van der Waals surface area contributed by atoms with Crippen molar-refractivity contribution >= 4 is 40.6 Å². The Morgan fingerprint density at radius 1 is 1.21 bits per heavy atom. The molecule has 0 amide bonds. The van der Waals surface area contributed by atoms with Gasteiger partial charge in [0.05, 0.1) is 15.5 Å². The number of benzene rings is 1. The van der Waals surface area contributed by atoms with E-state index < -0.39 is 5.41 Å². The molecule has 2 nitrogen and oxygen atoms in total. The highest BCUT2D eigenvalue weighted by Gasteiger charge is 2.54. The van der Waals surface area contributed by atoms with E-state index in [1.54, 1.807) is 12.1 Å². The molecule has 1 saturated carbocycles. The number of rotatable bonds is 4. The summed E-state index contributed by atoms with van der Waals surface area (Å²) >= 11 is 18.1. The molecule has 0 heterocycles. The zero-order valence-corrected chi connectivity index (χ0v) is 13.1. The lowest BCUT2D eigenvalue weighted by atomic mass is 9.61. The Morgan fingerprint density at radius 3 is 2.16 bits per heavy atom. The molecule has 1 fully saturated rings. The van der Waals surface area contributed by atoms with Gasteiger partial charge in [-0.15, -0.1) is 0 Å². The Bertz CT molecular complexity index is 486. The summed E-state index contributed by atoms with van der Waals surface area (Å²) in [6, 6.07) is 3.18. The second-order valence-electron chi connectivity index (χ2n) is 4.80. The number of carbonyl (C=O) groups is 1. The van der Waals surface area contributed by atoms with Crippen LogP contribution in [0.1, 0.15) is 33.1 Å². The van der Waals surface area contributed by atoms with Crippen LogP contribution < -0.4 is 4.74 Å². The molecule has 0 bridgehead atoms. The van der Waals surface area contributed by atoms with Crippen LogP contribution in [0.2, 0.25) is 15.1 Å². The van der Waals surface area contributed by atoms with Crippen molar-refractivity contribution < 1.29 is 9.53 Å². The molecule has 0 aromatic heterocycles. The van der Waals surface area contributed by atoms with E-state index in [2.05, 4.69) is 0 Å². The summed E-state index contributed by atoms with van der Waals surface area (Å²) in [4.78, 5) is 11.9. The lowest BCUT2D eigenvalue weighted by molar-refractivity contribution is -0.153. The average Bonchev–Trinajstić information content (AvgIpc) is 2.33. The van der Waals surface area contributed by atoms with Crippen LogP contribution in [0.5, 0.6) is 5.75 Å². The van der Waals surface area contributed by atoms with Gasteiger partial charge in [-0.3, -0.25) is 4.79 Å². The van der Waals surface area contributed by atoms with Crippen LogP contribution in [-0.2, 0) is 4.79 Å². The minimum Gasteiger partial charge on any atom is -0.486 e. The number of hydrogen-bond donors (Lipinski definition) is 0. The van der Waals surface area contributed by atoms with Gasteiger partial charge >= 0.3 is 0 Å². The van der Waals surface area contributed by atoms with Crippen molar-refractivity contribution in [3.8, 4) is 5.75 Å². The molecule has 0 spiro atoms. The molecule has 1 aliphatic carbocycles. The van der Waals surface area contributed by atoms with Crippen molar-refractivity contribution in [1.29, 1.82) is 0 Å². The van der Waals surface area contributed by atoms with E-state index in [0.717, 1.165) is 12.8 Å². The van der Waals surface area contributed by atoms with Gasteiger partial charge in [0.25, 0.3) is 0 Å². The van der Waals surface area contributed by atoms with Crippen LogP contribution in [0.15, 0.2) is 12.1 Å². The highest BCUT2D eigenvalue weighted by Crippen LogP contribution is 2.48. The van der Waals surface area contributed by atoms with Crippen LogP contribution in [-0.4, -0.2) is 11.9 Å². The Morgan fingerprint density at radius 2 is 1.74 bits per heavy atom. The molecule has 0 N–H and O–H groups in total. The number of halogens is 3. The van der Waals surface area contributed by atoms with Gasteiger partial charge < -0.3 is 4.74 Å². The van der Waals surface area contributed by atoms with Crippen molar-refractivity contribution in [2.24, 2.45) is 5.41 Å². The molecule has 2 rings (SSSR count). The molecular formula is C14H15Cl3O2. The Hall–Kier alpha value is -0.440. The van der Waals surface area contributed by atoms with Crippen molar-refractivity contribution in [2.75, 3.05) is 0 Å². The van der Waals surface area contributed by atoms with E-state index in [4.69, 9.17) is 39.5 Å². The Balaban J connectivity index is 2.26. The minimum absolute atomic E-state index is 0.161. The second kappa shape index (κ2) is 5.51. The van der Waals surface area contributed by atoms with Crippen molar-refractivity contribution in [3.63, 3.8) is 0 Å². The van der Waals surface area contributed by atoms with Crippen LogP contribution in [0, 0.1) is 5.41 Å². The quantitative estimate of drug-likeness (QED) is 0.764. The summed E-state index contributed by atoms with van der Waals surface area (Å²) < 4.78 is 5.89. The number of ether oxygens (including phenoxy) is 1. The third kappa shape index (κ3) is 2.46. The van der Waals surface area contributed by atoms with E-state index in [1.165, 1.54) is 0 Å². The minimum atomic E-state index is -0.397. The van der Waals surface area contributed by atoms with E-state index in [-0.39, 0.29) is 11.9 Å². The van der Waals surface area contributed by atoms with Crippen molar-refractivity contribution in [3.05, 3.63) is 27.2 Å². The molecule has 0 aliphatic heterocycles. The molecule has 1 aromatic carbocycles. The smallest absolute Gasteiger partial charge is 0.157 e. The summed E-state index contributed by atoms with van der Waals surface area (Å²) in [5.74, 6) is 0.667. The van der Waals surface area contributed by atoms with Crippen LogP contribution >= 0.6 is 34.8 Å². The fraction of sp³-hybridized carbons (Fsp3) is 0.500. The molecule has 1 aliphatic rings. The first-order chi connectivity index (χ1) is 8.94. The monoisotopic (exact) mass is 320 g/mol. The topological polar surface area (TPSA) is 26.3 Å². The number of hydrogen-bond acceptors (Lipinski definition) is 2. The standard InChI is InChI=1S/C14H15Cl3O2/c1-3-14(4-2)11(18)7-12(14)19-13-9(16)5-8(15)6-10(13)17/h5-6,12H,3-4,7H2,1-2H3. The average molecular weight is 322 g/mol. The molecular weight excluding hydrogens is 307 g/mol. The fourth-order valence-corrected chi connectivity index (χ4v) is 3.56. The summed E-state index contributed by atoms with van der Waals surface area (Å²) in [6.07, 6.45) is 1.77. The van der Waals surface area contributed by atoms with E-state index in [0.29, 0.717) is 27.2 Å². The molecule has 104 valence electrons. The molecule has 0 radical (unpaired) electrons. The second-order valence-corrected chi connectivity index (χ2v) is 6.05. The van der Waals surface area contributed by atoms with Gasteiger partial charge in [0, 0.05) is 11.4 Å². The van der Waals surface area contributed by atoms with Gasteiger partial charge in [0.2, 0.25) is 0 Å². The molecule has 5 heteroatoms. The van der Waals surface area contributed by atoms with Crippen LogP contribution in [0.4, 0.5) is 0 Å². The van der Waals surface area contributed by atoms with Gasteiger partial charge in [0.1, 0.15) is 11.9 Å². The van der Waals surface area contributed by atoms with Gasteiger partial charge in [0.15, 0.2) is 5.75 Å². The lowest BCUT2D eigenvalue weighted by Gasteiger charge is -2.46. The first-order valence-corrected chi connectivity index (χ1v) is 7.42. The predicted octanol–water partition coefficient (Wildman–Crippen LogP) is 5.17. The summed E-state index contributed by atoms with van der Waals surface area (Å²) in [5.41, 5.74) is -0.397. The summed E-state index contributed by atoms with van der Waals surface area (Å²) in [7, 11) is 0. The van der Waals surface area contributed by atoms with Crippen LogP contribution in [0.25, 0.3) is 0 Å². The Kier molecular flexibility index (Phi) is 4.34. The maximum absolute atomic E-state index is 11.9. The van der Waals surface area contributed by atoms with Crippen LogP contribution in [0.3, 0.4) is 0 Å². The van der Waals surface area contributed by atoms with Gasteiger partial charge in [-0.25, -0.2) is 0 Å². The molecule has 1 unspecified atom stereocenters. The number of ketones is 1. The highest BCUT2D eigenvalue weighted by molar-refractivity contribution is 6.40. The molecule has 19 heavy (non-hydrogen) atoms. The van der Waals surface area contributed by atoms with Crippen molar-refractivity contribution in [2.45, 2.75) is 39.2 Å². The van der Waals surface area contributed by atoms with E-state index in [1.807, 2.05) is 13.8 Å². The molecule has 1 aromatic rings. The number of carbonyl (C=O) groups excluding carboxylic acids is 1. The van der Waals surface area contributed by atoms with Crippen molar-refractivity contribution in [1.82, 2.24) is 0 Å². The van der Waals surface area contributed by atoms with Gasteiger partial charge in [-0.05, 0) is 25.0 Å². The summed E-state index contributed by atoms with van der Waals surface area (Å²) in [6.45, 7) is 4.00. The van der Waals surface area contributed by atoms with Gasteiger partial charge in [-0.1, -0.05) is 48.7 Å². The van der Waals surface area contributed by atoms with E-state index in [9.17, 15) is 4.79 Å². The SMILES string of the molecule is CCC1(CC)C(=O)CC1Oc1c(Cl)cc(Cl)cc1Cl. The maximum atomic E-state index is 11.9. The normalized spacial score (nSPS) is 21.1. The maximum Gasteiger partial charge on any atom is 0.157 e. The fourth-order valence-electron chi connectivity index (χ4n) is 2.65. The predicted molar refractivity (Wildman–Crippen MR) is 78.5 cm³/mol. The molecule has 0 saturated heterocycles. The third-order valence-electron chi connectivity index (χ3n) is 4.03.